The summed E-state index contributed by atoms with van der Waals surface area (Å²) in [7, 11) is 0. The molecule has 0 N–H and O–H groups in total. The molecule has 1 rings (SSSR count). The third-order valence-corrected chi connectivity index (χ3v) is 3.23. The molecule has 1 fully saturated rings. The fourth-order valence-corrected chi connectivity index (χ4v) is 2.45. The number of carbonyl (C=O) groups is 5. The van der Waals surface area contributed by atoms with Crippen molar-refractivity contribution in [2.45, 2.75) is 65.3 Å². The van der Waals surface area contributed by atoms with Crippen LogP contribution < -0.4 is 0 Å². The van der Waals surface area contributed by atoms with Crippen LogP contribution in [-0.2, 0) is 52.4 Å². The lowest BCUT2D eigenvalue weighted by Gasteiger charge is -2.43. The van der Waals surface area contributed by atoms with Gasteiger partial charge in [-0.2, -0.15) is 0 Å². The zero-order valence-corrected chi connectivity index (χ0v) is 15.6. The van der Waals surface area contributed by atoms with Gasteiger partial charge in [-0.25, -0.2) is 0 Å². The van der Waals surface area contributed by atoms with E-state index in [1.54, 1.807) is 0 Å². The average Bonchev–Trinajstić information content (AvgIpc) is 2.49. The Hall–Kier alpha value is -2.69. The van der Waals surface area contributed by atoms with E-state index >= 15 is 0 Å². The molecular formula is C16H22O11. The molecule has 0 aromatic heterocycles. The number of hydrogen-bond acceptors (Lipinski definition) is 11. The second-order valence-corrected chi connectivity index (χ2v) is 5.68. The van der Waals surface area contributed by atoms with Crippen molar-refractivity contribution in [1.82, 2.24) is 0 Å². The van der Waals surface area contributed by atoms with E-state index in [-0.39, 0.29) is 0 Å². The lowest BCUT2D eigenvalue weighted by Crippen LogP contribution is -2.63. The number of hydrogen-bond donors (Lipinski definition) is 0. The molecule has 0 aromatic carbocycles. The van der Waals surface area contributed by atoms with Gasteiger partial charge in [0.15, 0.2) is 12.2 Å². The van der Waals surface area contributed by atoms with Gasteiger partial charge in [0.25, 0.3) is 0 Å². The second kappa shape index (κ2) is 9.86. The lowest BCUT2D eigenvalue weighted by molar-refractivity contribution is -0.300. The highest BCUT2D eigenvalue weighted by molar-refractivity contribution is 5.69. The summed E-state index contributed by atoms with van der Waals surface area (Å²) in [6.07, 6.45) is -6.70. The quantitative estimate of drug-likeness (QED) is 0.433. The van der Waals surface area contributed by atoms with E-state index in [4.69, 9.17) is 28.4 Å². The molecule has 1 aliphatic heterocycles. The number of ether oxygens (including phenoxy) is 6. The predicted molar refractivity (Wildman–Crippen MR) is 83.7 cm³/mol. The Morgan fingerprint density at radius 1 is 0.630 bits per heavy atom. The maximum Gasteiger partial charge on any atom is 0.305 e. The summed E-state index contributed by atoms with van der Waals surface area (Å²) in [6, 6.07) is 0. The van der Waals surface area contributed by atoms with Crippen molar-refractivity contribution >= 4 is 29.8 Å². The van der Waals surface area contributed by atoms with Gasteiger partial charge in [0, 0.05) is 34.6 Å². The normalized spacial score (nSPS) is 27.1. The van der Waals surface area contributed by atoms with Gasteiger partial charge < -0.3 is 28.4 Å². The van der Waals surface area contributed by atoms with Crippen LogP contribution in [0.1, 0.15) is 34.6 Å². The summed E-state index contributed by atoms with van der Waals surface area (Å²) in [5.74, 6) is -3.71. The highest BCUT2D eigenvalue weighted by Crippen LogP contribution is 2.29. The topological polar surface area (TPSA) is 141 Å². The van der Waals surface area contributed by atoms with Gasteiger partial charge in [-0.15, -0.1) is 0 Å². The molecule has 0 amide bonds. The van der Waals surface area contributed by atoms with E-state index in [1.807, 2.05) is 0 Å². The van der Waals surface area contributed by atoms with Crippen LogP contribution in [-0.4, -0.2) is 67.2 Å². The minimum atomic E-state index is -1.48. The molecular weight excluding hydrogens is 368 g/mol. The van der Waals surface area contributed by atoms with Gasteiger partial charge in [0.05, 0.1) is 0 Å². The predicted octanol–water partition coefficient (Wildman–Crippen LogP) is -0.367. The Kier molecular flexibility index (Phi) is 8.16. The van der Waals surface area contributed by atoms with Gasteiger partial charge in [-0.1, -0.05) is 0 Å². The monoisotopic (exact) mass is 390 g/mol. The van der Waals surface area contributed by atoms with E-state index in [0.29, 0.717) is 0 Å². The first kappa shape index (κ1) is 22.4. The van der Waals surface area contributed by atoms with E-state index in [2.05, 4.69) is 0 Å². The van der Waals surface area contributed by atoms with Crippen molar-refractivity contribution < 1.29 is 52.4 Å². The summed E-state index contributed by atoms with van der Waals surface area (Å²) in [6.45, 7) is 5.13. The van der Waals surface area contributed by atoms with Gasteiger partial charge in [0.2, 0.25) is 12.4 Å². The first-order valence-corrected chi connectivity index (χ1v) is 7.99. The Labute approximate surface area is 155 Å². The van der Waals surface area contributed by atoms with Crippen molar-refractivity contribution in [3.8, 4) is 0 Å². The molecule has 0 spiro atoms. The fraction of sp³-hybridized carbons (Fsp3) is 0.688. The molecule has 2 unspecified atom stereocenters. The van der Waals surface area contributed by atoms with Crippen LogP contribution in [0.3, 0.4) is 0 Å². The van der Waals surface area contributed by atoms with Crippen molar-refractivity contribution in [2.24, 2.45) is 0 Å². The van der Waals surface area contributed by atoms with Crippen LogP contribution in [0.4, 0.5) is 0 Å². The second-order valence-electron chi connectivity index (χ2n) is 5.68. The first-order chi connectivity index (χ1) is 12.5. The van der Waals surface area contributed by atoms with Crippen LogP contribution in [0, 0.1) is 0 Å². The van der Waals surface area contributed by atoms with Gasteiger partial charge in [-0.3, -0.25) is 24.0 Å². The number of rotatable bonds is 6. The smallest absolute Gasteiger partial charge is 0.305 e. The van der Waals surface area contributed by atoms with Crippen LogP contribution in [0.25, 0.3) is 0 Å². The maximum atomic E-state index is 11.5. The molecule has 11 heteroatoms. The van der Waals surface area contributed by atoms with Crippen LogP contribution >= 0.6 is 0 Å². The summed E-state index contributed by atoms with van der Waals surface area (Å²) >= 11 is 0. The Balaban J connectivity index is 3.29. The fourth-order valence-electron chi connectivity index (χ4n) is 2.45. The molecule has 0 radical (unpaired) electrons. The minimum absolute atomic E-state index is 0.393. The summed E-state index contributed by atoms with van der Waals surface area (Å²) in [4.78, 5) is 57.0. The molecule has 0 saturated carbocycles. The van der Waals surface area contributed by atoms with Crippen molar-refractivity contribution in [2.75, 3.05) is 6.61 Å². The third kappa shape index (κ3) is 7.21. The number of esters is 5. The van der Waals surface area contributed by atoms with Gasteiger partial charge >= 0.3 is 29.8 Å². The van der Waals surface area contributed by atoms with Crippen LogP contribution in [0.2, 0.25) is 0 Å². The average molecular weight is 390 g/mol. The van der Waals surface area contributed by atoms with E-state index in [9.17, 15) is 24.0 Å². The van der Waals surface area contributed by atoms with Gasteiger partial charge in [0.1, 0.15) is 12.7 Å². The zero-order chi connectivity index (χ0) is 20.7. The van der Waals surface area contributed by atoms with Gasteiger partial charge in [-0.05, 0) is 0 Å². The minimum Gasteiger partial charge on any atom is -0.463 e. The summed E-state index contributed by atoms with van der Waals surface area (Å²) in [5.41, 5.74) is 0. The Morgan fingerprint density at radius 2 is 1.07 bits per heavy atom. The van der Waals surface area contributed by atoms with Crippen LogP contribution in [0.15, 0.2) is 0 Å². The molecule has 11 nitrogen and oxygen atoms in total. The Morgan fingerprint density at radius 3 is 1.52 bits per heavy atom. The summed E-state index contributed by atoms with van der Waals surface area (Å²) in [5, 5.41) is 0. The molecule has 1 saturated heterocycles. The highest BCUT2D eigenvalue weighted by atomic mass is 16.7. The molecule has 152 valence electrons. The van der Waals surface area contributed by atoms with Crippen molar-refractivity contribution in [3.05, 3.63) is 0 Å². The van der Waals surface area contributed by atoms with E-state index in [1.165, 1.54) is 0 Å². The zero-order valence-electron chi connectivity index (χ0n) is 15.6. The van der Waals surface area contributed by atoms with E-state index < -0.39 is 67.2 Å². The molecule has 1 heterocycles. The maximum absolute atomic E-state index is 11.5. The van der Waals surface area contributed by atoms with E-state index in [0.717, 1.165) is 34.6 Å². The lowest BCUT2D eigenvalue weighted by atomic mass is 9.98. The highest BCUT2D eigenvalue weighted by Gasteiger charge is 2.53. The standard InChI is InChI=1S/C16H22O11/c1-7(17)22-6-12-13(23-8(2)18)14(24-9(3)19)15(25-10(4)20)16(27-12)26-11(5)21/h12-16H,6H2,1-5H3/t12?,13-,14+,15+,16?/m1/s1. The third-order valence-electron chi connectivity index (χ3n) is 3.23. The largest absolute Gasteiger partial charge is 0.463 e. The first-order valence-electron chi connectivity index (χ1n) is 7.99. The SMILES string of the molecule is CC(=O)OCC1OC(OC(C)=O)[C@@H](OC(C)=O)[C@@H](OC(C)=O)[C@@H]1OC(C)=O. The number of carbonyl (C=O) groups excluding carboxylic acids is 5. The molecule has 0 bridgehead atoms. The molecule has 0 aromatic rings. The van der Waals surface area contributed by atoms with Crippen molar-refractivity contribution in [3.63, 3.8) is 0 Å². The molecule has 5 atom stereocenters. The van der Waals surface area contributed by atoms with Crippen LogP contribution in [0.5, 0.6) is 0 Å². The molecule has 27 heavy (non-hydrogen) atoms. The molecule has 1 aliphatic rings. The van der Waals surface area contributed by atoms with Crippen molar-refractivity contribution in [1.29, 1.82) is 0 Å². The molecule has 0 aliphatic carbocycles. The Bertz CT molecular complexity index is 599. The summed E-state index contributed by atoms with van der Waals surface area (Å²) < 4.78 is 30.8.